The van der Waals surface area contributed by atoms with Crippen LogP contribution in [0.2, 0.25) is 0 Å². The highest BCUT2D eigenvalue weighted by Gasteiger charge is 2.36. The number of hydrogen-bond acceptors (Lipinski definition) is 2. The number of hydrogen-bond donors (Lipinski definition) is 0. The van der Waals surface area contributed by atoms with E-state index >= 15 is 0 Å². The Bertz CT molecular complexity index is 131. The lowest BCUT2D eigenvalue weighted by Crippen LogP contribution is -2.01. The smallest absolute Gasteiger partial charge is 0.305 e. The largest absolute Gasteiger partial charge is 0.469 e. The fourth-order valence-electron chi connectivity index (χ4n) is 1.36. The average Bonchev–Trinajstić information content (AvgIpc) is 2.67. The topological polar surface area (TPSA) is 26.3 Å². The first kappa shape index (κ1) is 7.58. The zero-order valence-electron chi connectivity index (χ0n) is 6.59. The molecule has 0 aromatic rings. The first-order valence-electron chi connectivity index (χ1n) is 3.84. The number of carbonyl (C=O) groups excluding carboxylic acids is 1. The van der Waals surface area contributed by atoms with Crippen molar-refractivity contribution in [2.75, 3.05) is 7.11 Å². The molecule has 1 aliphatic rings. The second kappa shape index (κ2) is 3.04. The second-order valence-electron chi connectivity index (χ2n) is 2.94. The van der Waals surface area contributed by atoms with Gasteiger partial charge in [0.1, 0.15) is 0 Å². The number of methoxy groups -OCH3 is 1. The maximum atomic E-state index is 10.7. The first-order valence-corrected chi connectivity index (χ1v) is 3.84. The van der Waals surface area contributed by atoms with E-state index < -0.39 is 0 Å². The second-order valence-corrected chi connectivity index (χ2v) is 2.94. The summed E-state index contributed by atoms with van der Waals surface area (Å²) < 4.78 is 4.55. The molecule has 10 heavy (non-hydrogen) atoms. The van der Waals surface area contributed by atoms with Gasteiger partial charge >= 0.3 is 5.97 Å². The van der Waals surface area contributed by atoms with Crippen LogP contribution in [0.25, 0.3) is 0 Å². The summed E-state index contributed by atoms with van der Waals surface area (Å²) in [7, 11) is 1.45. The lowest BCUT2D eigenvalue weighted by Gasteiger charge is -1.95. The maximum Gasteiger partial charge on any atom is 0.305 e. The molecule has 2 nitrogen and oxygen atoms in total. The molecule has 0 N–H and O–H groups in total. The van der Waals surface area contributed by atoms with Gasteiger partial charge in [-0.25, -0.2) is 0 Å². The Labute approximate surface area is 61.6 Å². The van der Waals surface area contributed by atoms with Crippen molar-refractivity contribution in [1.82, 2.24) is 0 Å². The van der Waals surface area contributed by atoms with E-state index in [2.05, 4.69) is 11.7 Å². The highest BCUT2D eigenvalue weighted by molar-refractivity contribution is 5.69. The van der Waals surface area contributed by atoms with Crippen LogP contribution in [0.3, 0.4) is 0 Å². The lowest BCUT2D eigenvalue weighted by molar-refractivity contribution is -0.141. The van der Waals surface area contributed by atoms with E-state index in [-0.39, 0.29) is 5.97 Å². The summed E-state index contributed by atoms with van der Waals surface area (Å²) in [6, 6.07) is 0. The average molecular weight is 142 g/mol. The van der Waals surface area contributed by atoms with Crippen molar-refractivity contribution in [2.24, 2.45) is 11.8 Å². The fourth-order valence-corrected chi connectivity index (χ4v) is 1.36. The highest BCUT2D eigenvalue weighted by atomic mass is 16.5. The molecule has 0 heterocycles. The molecule has 0 aliphatic heterocycles. The molecule has 2 heteroatoms. The third kappa shape index (κ3) is 1.72. The summed E-state index contributed by atoms with van der Waals surface area (Å²) in [6.07, 6.45) is 3.07. The standard InChI is InChI=1S/C8H14O2/c1-3-6-4-7(6)5-8(9)10-2/h6-7H,3-5H2,1-2H3. The van der Waals surface area contributed by atoms with Gasteiger partial charge < -0.3 is 4.74 Å². The molecule has 1 fully saturated rings. The molecular weight excluding hydrogens is 128 g/mol. The molecular formula is C8H14O2. The van der Waals surface area contributed by atoms with Crippen molar-refractivity contribution in [3.63, 3.8) is 0 Å². The van der Waals surface area contributed by atoms with Crippen LogP contribution in [0.4, 0.5) is 0 Å². The van der Waals surface area contributed by atoms with E-state index in [9.17, 15) is 4.79 Å². The minimum absolute atomic E-state index is 0.0547. The van der Waals surface area contributed by atoms with Gasteiger partial charge in [0, 0.05) is 6.42 Å². The van der Waals surface area contributed by atoms with Gasteiger partial charge in [-0.1, -0.05) is 13.3 Å². The fraction of sp³-hybridized carbons (Fsp3) is 0.875. The summed E-state index contributed by atoms with van der Waals surface area (Å²) in [4.78, 5) is 10.7. The highest BCUT2D eigenvalue weighted by Crippen LogP contribution is 2.43. The van der Waals surface area contributed by atoms with E-state index in [0.717, 1.165) is 5.92 Å². The van der Waals surface area contributed by atoms with Gasteiger partial charge in [-0.2, -0.15) is 0 Å². The van der Waals surface area contributed by atoms with Gasteiger partial charge in [0.05, 0.1) is 7.11 Å². The Balaban J connectivity index is 2.11. The van der Waals surface area contributed by atoms with Gasteiger partial charge in [-0.3, -0.25) is 4.79 Å². The normalized spacial score (nSPS) is 29.8. The summed E-state index contributed by atoms with van der Waals surface area (Å²) in [5.41, 5.74) is 0. The van der Waals surface area contributed by atoms with E-state index in [4.69, 9.17) is 0 Å². The number of rotatable bonds is 3. The van der Waals surface area contributed by atoms with E-state index in [1.54, 1.807) is 0 Å². The van der Waals surface area contributed by atoms with Gasteiger partial charge in [-0.15, -0.1) is 0 Å². The van der Waals surface area contributed by atoms with E-state index in [1.807, 2.05) is 0 Å². The molecule has 2 atom stereocenters. The van der Waals surface area contributed by atoms with Crippen molar-refractivity contribution in [3.05, 3.63) is 0 Å². The molecule has 0 bridgehead atoms. The quantitative estimate of drug-likeness (QED) is 0.559. The lowest BCUT2D eigenvalue weighted by atomic mass is 10.2. The third-order valence-electron chi connectivity index (χ3n) is 2.25. The van der Waals surface area contributed by atoms with Crippen molar-refractivity contribution in [1.29, 1.82) is 0 Å². The maximum absolute atomic E-state index is 10.7. The molecule has 0 spiro atoms. The predicted molar refractivity (Wildman–Crippen MR) is 38.5 cm³/mol. The van der Waals surface area contributed by atoms with Crippen molar-refractivity contribution < 1.29 is 9.53 Å². The molecule has 58 valence electrons. The van der Waals surface area contributed by atoms with Crippen molar-refractivity contribution in [3.8, 4) is 0 Å². The van der Waals surface area contributed by atoms with Crippen LogP contribution in [0.1, 0.15) is 26.2 Å². The molecule has 0 aromatic heterocycles. The summed E-state index contributed by atoms with van der Waals surface area (Å²) in [6.45, 7) is 2.17. The Morgan fingerprint density at radius 1 is 1.60 bits per heavy atom. The molecule has 0 saturated heterocycles. The molecule has 0 aromatic carbocycles. The van der Waals surface area contributed by atoms with E-state index in [0.29, 0.717) is 12.3 Å². The zero-order chi connectivity index (χ0) is 7.56. The van der Waals surface area contributed by atoms with Gasteiger partial charge in [0.2, 0.25) is 0 Å². The minimum Gasteiger partial charge on any atom is -0.469 e. The van der Waals surface area contributed by atoms with Crippen LogP contribution in [0.5, 0.6) is 0 Å². The molecule has 1 aliphatic carbocycles. The first-order chi connectivity index (χ1) is 4.77. The predicted octanol–water partition coefficient (Wildman–Crippen LogP) is 1.60. The van der Waals surface area contributed by atoms with Crippen molar-refractivity contribution in [2.45, 2.75) is 26.2 Å². The summed E-state index contributed by atoms with van der Waals surface area (Å²) in [5.74, 6) is 1.39. The van der Waals surface area contributed by atoms with Crippen LogP contribution >= 0.6 is 0 Å². The Kier molecular flexibility index (Phi) is 2.30. The molecule has 0 amide bonds. The van der Waals surface area contributed by atoms with Crippen LogP contribution in [0, 0.1) is 11.8 Å². The SMILES string of the molecule is CCC1CC1CC(=O)OC. The Morgan fingerprint density at radius 3 is 2.70 bits per heavy atom. The van der Waals surface area contributed by atoms with Gasteiger partial charge in [-0.05, 0) is 18.3 Å². The number of ether oxygens (including phenoxy) is 1. The molecule has 1 saturated carbocycles. The number of carbonyl (C=O) groups is 1. The van der Waals surface area contributed by atoms with Gasteiger partial charge in [0.25, 0.3) is 0 Å². The van der Waals surface area contributed by atoms with Crippen LogP contribution in [0.15, 0.2) is 0 Å². The van der Waals surface area contributed by atoms with Crippen LogP contribution in [-0.2, 0) is 9.53 Å². The molecule has 2 unspecified atom stereocenters. The molecule has 1 rings (SSSR count). The van der Waals surface area contributed by atoms with Crippen LogP contribution < -0.4 is 0 Å². The monoisotopic (exact) mass is 142 g/mol. The summed E-state index contributed by atoms with van der Waals surface area (Å²) in [5, 5.41) is 0. The third-order valence-corrected chi connectivity index (χ3v) is 2.25. The minimum atomic E-state index is -0.0547. The van der Waals surface area contributed by atoms with Crippen molar-refractivity contribution >= 4 is 5.97 Å². The van der Waals surface area contributed by atoms with E-state index in [1.165, 1.54) is 20.0 Å². The number of esters is 1. The molecule has 0 radical (unpaired) electrons. The Hall–Kier alpha value is -0.530. The summed E-state index contributed by atoms with van der Waals surface area (Å²) >= 11 is 0. The zero-order valence-corrected chi connectivity index (χ0v) is 6.59. The Morgan fingerprint density at radius 2 is 2.30 bits per heavy atom. The van der Waals surface area contributed by atoms with Crippen LogP contribution in [-0.4, -0.2) is 13.1 Å². The van der Waals surface area contributed by atoms with Gasteiger partial charge in [0.15, 0.2) is 0 Å².